The van der Waals surface area contributed by atoms with Crippen molar-refractivity contribution >= 4 is 11.8 Å². The molecule has 2 saturated heterocycles. The van der Waals surface area contributed by atoms with Crippen LogP contribution in [0.2, 0.25) is 0 Å². The Balaban J connectivity index is 1.96. The van der Waals surface area contributed by atoms with Crippen LogP contribution in [0.15, 0.2) is 0 Å². The lowest BCUT2D eigenvalue weighted by molar-refractivity contribution is -0.168. The van der Waals surface area contributed by atoms with Gasteiger partial charge in [0.05, 0.1) is 24.7 Å². The molecule has 2 heterocycles. The van der Waals surface area contributed by atoms with Crippen LogP contribution >= 0.6 is 0 Å². The van der Waals surface area contributed by atoms with Gasteiger partial charge in [0.2, 0.25) is 11.8 Å². The van der Waals surface area contributed by atoms with Crippen molar-refractivity contribution in [1.82, 2.24) is 4.90 Å². The van der Waals surface area contributed by atoms with Crippen LogP contribution in [-0.2, 0) is 14.3 Å². The summed E-state index contributed by atoms with van der Waals surface area (Å²) < 4.78 is 5.14. The fourth-order valence-corrected chi connectivity index (χ4v) is 3.45. The molecule has 2 amide bonds. The van der Waals surface area contributed by atoms with E-state index in [0.29, 0.717) is 13.2 Å². The van der Waals surface area contributed by atoms with Crippen LogP contribution in [0, 0.1) is 16.7 Å². The minimum absolute atomic E-state index is 0.00366. The maximum Gasteiger partial charge on any atom is 0.235 e. The van der Waals surface area contributed by atoms with Crippen LogP contribution in [0.3, 0.4) is 0 Å². The Labute approximate surface area is 101 Å². The zero-order valence-electron chi connectivity index (χ0n) is 10.7. The van der Waals surface area contributed by atoms with Gasteiger partial charge < -0.3 is 4.74 Å². The third-order valence-electron chi connectivity index (χ3n) is 5.30. The van der Waals surface area contributed by atoms with Crippen LogP contribution in [0.25, 0.3) is 0 Å². The number of piperidine rings is 1. The number of likely N-dealkylation sites (tertiary alicyclic amines) is 1. The number of hydrogen-bond donors (Lipinski definition) is 0. The molecule has 3 aliphatic rings. The third kappa shape index (κ3) is 1.27. The van der Waals surface area contributed by atoms with Gasteiger partial charge in [0, 0.05) is 5.92 Å². The fourth-order valence-electron chi connectivity index (χ4n) is 3.45. The van der Waals surface area contributed by atoms with Crippen molar-refractivity contribution in [3.63, 3.8) is 0 Å². The van der Waals surface area contributed by atoms with Crippen LogP contribution in [0.4, 0.5) is 0 Å². The number of rotatable bonds is 2. The number of epoxide rings is 1. The van der Waals surface area contributed by atoms with Gasteiger partial charge >= 0.3 is 0 Å². The predicted molar refractivity (Wildman–Crippen MR) is 61.1 cm³/mol. The first-order valence-corrected chi connectivity index (χ1v) is 6.35. The molecule has 3 atom stereocenters. The normalized spacial score (nSPS) is 43.1. The molecule has 0 N–H and O–H groups in total. The molecule has 1 aliphatic carbocycles. The molecule has 1 saturated carbocycles. The minimum atomic E-state index is -0.375. The topological polar surface area (TPSA) is 49.9 Å². The first-order chi connectivity index (χ1) is 7.88. The fraction of sp³-hybridized carbons (Fsp3) is 0.846. The molecule has 0 aromatic heterocycles. The number of hydrogen-bond acceptors (Lipinski definition) is 3. The van der Waals surface area contributed by atoms with E-state index in [-0.39, 0.29) is 34.7 Å². The van der Waals surface area contributed by atoms with E-state index in [2.05, 4.69) is 13.8 Å². The lowest BCUT2D eigenvalue weighted by atomic mass is 9.62. The van der Waals surface area contributed by atoms with Crippen LogP contribution < -0.4 is 0 Å². The molecule has 3 rings (SSSR count). The summed E-state index contributed by atoms with van der Waals surface area (Å²) >= 11 is 0. The average Bonchev–Trinajstić information content (AvgIpc) is 3.03. The third-order valence-corrected chi connectivity index (χ3v) is 5.30. The van der Waals surface area contributed by atoms with Crippen LogP contribution in [0.5, 0.6) is 0 Å². The standard InChI is InChI=1S/C13H19NO3/c1-12(2)9-4-5-13(12,3)11(16)14(10(9)15)6-8-7-17-8/h8-9H,4-7H2,1-3H3/t8-,9-,13-/m0/s1. The Hall–Kier alpha value is -0.900. The number of fused-ring (bicyclic) bond motifs is 2. The SMILES string of the molecule is CC1(C)[C@H]2CC[C@@]1(C)C(=O)N(C[C@H]1CO1)C2=O. The Bertz CT molecular complexity index is 399. The van der Waals surface area contributed by atoms with Gasteiger partial charge in [-0.25, -0.2) is 0 Å². The van der Waals surface area contributed by atoms with Gasteiger partial charge in [-0.15, -0.1) is 0 Å². The molecule has 3 fully saturated rings. The van der Waals surface area contributed by atoms with Gasteiger partial charge in [-0.1, -0.05) is 20.8 Å². The Kier molecular flexibility index (Phi) is 2.05. The molecular formula is C13H19NO3. The predicted octanol–water partition coefficient (Wildman–Crippen LogP) is 1.20. The Morgan fingerprint density at radius 2 is 2.00 bits per heavy atom. The van der Waals surface area contributed by atoms with Gasteiger partial charge in [-0.05, 0) is 18.3 Å². The monoisotopic (exact) mass is 237 g/mol. The average molecular weight is 237 g/mol. The molecule has 94 valence electrons. The number of imide groups is 1. The van der Waals surface area contributed by atoms with E-state index in [0.717, 1.165) is 12.8 Å². The van der Waals surface area contributed by atoms with Gasteiger partial charge in [0.1, 0.15) is 0 Å². The summed E-state index contributed by atoms with van der Waals surface area (Å²) in [6.07, 6.45) is 1.76. The highest BCUT2D eigenvalue weighted by atomic mass is 16.6. The highest BCUT2D eigenvalue weighted by molar-refractivity contribution is 6.03. The van der Waals surface area contributed by atoms with Crippen molar-refractivity contribution in [2.45, 2.75) is 39.7 Å². The van der Waals surface area contributed by atoms with Gasteiger partial charge in [-0.2, -0.15) is 0 Å². The first kappa shape index (κ1) is 11.2. The molecule has 0 aromatic carbocycles. The number of ether oxygens (including phenoxy) is 1. The largest absolute Gasteiger partial charge is 0.371 e. The maximum atomic E-state index is 12.5. The highest BCUT2D eigenvalue weighted by Crippen LogP contribution is 2.60. The summed E-state index contributed by atoms with van der Waals surface area (Å²) in [4.78, 5) is 26.4. The lowest BCUT2D eigenvalue weighted by Gasteiger charge is -2.47. The van der Waals surface area contributed by atoms with Crippen molar-refractivity contribution in [1.29, 1.82) is 0 Å². The number of amides is 2. The van der Waals surface area contributed by atoms with Crippen molar-refractivity contribution < 1.29 is 14.3 Å². The van der Waals surface area contributed by atoms with Crippen molar-refractivity contribution in [2.24, 2.45) is 16.7 Å². The molecule has 0 unspecified atom stereocenters. The maximum absolute atomic E-state index is 12.5. The van der Waals surface area contributed by atoms with E-state index < -0.39 is 0 Å². The van der Waals surface area contributed by atoms with Crippen molar-refractivity contribution in [3.8, 4) is 0 Å². The summed E-state index contributed by atoms with van der Waals surface area (Å²) in [6.45, 7) is 7.28. The zero-order chi connectivity index (χ0) is 12.4. The summed E-state index contributed by atoms with van der Waals surface area (Å²) in [6, 6.07) is 0. The van der Waals surface area contributed by atoms with E-state index in [4.69, 9.17) is 4.74 Å². The molecule has 0 radical (unpaired) electrons. The number of carbonyl (C=O) groups excluding carboxylic acids is 2. The van der Waals surface area contributed by atoms with Gasteiger partial charge in [-0.3, -0.25) is 14.5 Å². The summed E-state index contributed by atoms with van der Waals surface area (Å²) in [7, 11) is 0. The first-order valence-electron chi connectivity index (χ1n) is 6.35. The second-order valence-corrected chi connectivity index (χ2v) is 6.35. The van der Waals surface area contributed by atoms with E-state index in [9.17, 15) is 9.59 Å². The van der Waals surface area contributed by atoms with Gasteiger partial charge in [0.25, 0.3) is 0 Å². The van der Waals surface area contributed by atoms with Crippen LogP contribution in [0.1, 0.15) is 33.6 Å². The Morgan fingerprint density at radius 3 is 2.59 bits per heavy atom. The molecule has 4 nitrogen and oxygen atoms in total. The van der Waals surface area contributed by atoms with E-state index in [1.165, 1.54) is 4.90 Å². The second-order valence-electron chi connectivity index (χ2n) is 6.35. The Morgan fingerprint density at radius 1 is 1.35 bits per heavy atom. The zero-order valence-corrected chi connectivity index (χ0v) is 10.7. The quantitative estimate of drug-likeness (QED) is 0.535. The van der Waals surface area contributed by atoms with E-state index in [1.807, 2.05) is 6.92 Å². The summed E-state index contributed by atoms with van der Waals surface area (Å²) in [5.41, 5.74) is -0.581. The van der Waals surface area contributed by atoms with Crippen LogP contribution in [-0.4, -0.2) is 36.0 Å². The van der Waals surface area contributed by atoms with E-state index in [1.54, 1.807) is 0 Å². The van der Waals surface area contributed by atoms with Crippen molar-refractivity contribution in [2.75, 3.05) is 13.2 Å². The molecular weight excluding hydrogens is 218 g/mol. The molecule has 17 heavy (non-hydrogen) atoms. The summed E-state index contributed by atoms with van der Waals surface area (Å²) in [5.74, 6) is 0.0335. The molecule has 0 aromatic rings. The molecule has 2 aliphatic heterocycles. The lowest BCUT2D eigenvalue weighted by Crippen LogP contribution is -2.59. The van der Waals surface area contributed by atoms with Gasteiger partial charge in [0.15, 0.2) is 0 Å². The molecule has 2 bridgehead atoms. The summed E-state index contributed by atoms with van der Waals surface area (Å²) in [5, 5.41) is 0. The number of carbonyl (C=O) groups is 2. The molecule has 0 spiro atoms. The van der Waals surface area contributed by atoms with Crippen molar-refractivity contribution in [3.05, 3.63) is 0 Å². The number of nitrogens with zero attached hydrogens (tertiary/aromatic N) is 1. The van der Waals surface area contributed by atoms with E-state index >= 15 is 0 Å². The second kappa shape index (κ2) is 3.10. The highest BCUT2D eigenvalue weighted by Gasteiger charge is 2.64. The minimum Gasteiger partial charge on any atom is -0.371 e. The smallest absolute Gasteiger partial charge is 0.235 e. The molecule has 4 heteroatoms.